The molecule has 0 bridgehead atoms. The average Bonchev–Trinajstić information content (AvgIpc) is 3.01. The molecule has 0 radical (unpaired) electrons. The number of hydrogen-bond acceptors (Lipinski definition) is 3. The van der Waals surface area contributed by atoms with Gasteiger partial charge in [0.2, 0.25) is 0 Å². The number of imidazole rings is 1. The summed E-state index contributed by atoms with van der Waals surface area (Å²) in [6, 6.07) is 5.27. The second kappa shape index (κ2) is 7.01. The molecule has 148 valence electrons. The van der Waals surface area contributed by atoms with Gasteiger partial charge in [-0.05, 0) is 30.7 Å². The molecule has 10 heteroatoms. The zero-order valence-electron chi connectivity index (χ0n) is 14.5. The van der Waals surface area contributed by atoms with Gasteiger partial charge < -0.3 is 4.98 Å². The second-order valence-electron chi connectivity index (χ2n) is 6.15. The van der Waals surface area contributed by atoms with Crippen molar-refractivity contribution < 1.29 is 30.4 Å². The minimum atomic E-state index is -4.19. The number of aromatic nitrogens is 2. The normalized spacial score (nSPS) is 12.0. The van der Waals surface area contributed by atoms with E-state index in [4.69, 9.17) is 0 Å². The number of H-pyrrole nitrogens is 1. The van der Waals surface area contributed by atoms with E-state index >= 15 is 0 Å². The Labute approximate surface area is 157 Å². The molecule has 3 rings (SSSR count). The molecule has 0 saturated heterocycles. The van der Waals surface area contributed by atoms with Crippen LogP contribution in [0.1, 0.15) is 17.8 Å². The Bertz CT molecular complexity index is 1150. The summed E-state index contributed by atoms with van der Waals surface area (Å²) in [6.45, 7) is 1.51. The number of hydrogen-bond donors (Lipinski definition) is 1. The second-order valence-corrected chi connectivity index (χ2v) is 8.10. The number of sulfone groups is 1. The monoisotopic (exact) mass is 416 g/mol. The van der Waals surface area contributed by atoms with Gasteiger partial charge in [-0.1, -0.05) is 12.1 Å². The summed E-state index contributed by atoms with van der Waals surface area (Å²) >= 11 is 0. The van der Waals surface area contributed by atoms with Gasteiger partial charge in [-0.2, -0.15) is 0 Å². The molecular weight excluding hydrogens is 403 g/mol. The number of benzene rings is 2. The smallest absolute Gasteiger partial charge is 0.295 e. The highest BCUT2D eigenvalue weighted by Gasteiger charge is 2.25. The van der Waals surface area contributed by atoms with Gasteiger partial charge in [0, 0.05) is 17.4 Å². The van der Waals surface area contributed by atoms with E-state index in [0.29, 0.717) is 24.0 Å². The molecule has 2 aromatic carbocycles. The minimum Gasteiger partial charge on any atom is -0.337 e. The lowest BCUT2D eigenvalue weighted by Crippen LogP contribution is -2.05. The average molecular weight is 416 g/mol. The van der Waals surface area contributed by atoms with Crippen molar-refractivity contribution in [3.05, 3.63) is 59.2 Å². The molecule has 1 aromatic heterocycles. The Kier molecular flexibility index (Phi) is 5.00. The molecule has 0 aliphatic carbocycles. The summed E-state index contributed by atoms with van der Waals surface area (Å²) in [6.07, 6.45) is -2.38. The first-order valence-electron chi connectivity index (χ1n) is 7.83. The van der Waals surface area contributed by atoms with Gasteiger partial charge in [-0.15, -0.1) is 0 Å². The zero-order valence-corrected chi connectivity index (χ0v) is 15.3. The van der Waals surface area contributed by atoms with Gasteiger partial charge in [0.25, 0.3) is 6.43 Å². The maximum Gasteiger partial charge on any atom is 0.295 e. The van der Waals surface area contributed by atoms with Crippen LogP contribution in [0.25, 0.3) is 22.5 Å². The molecule has 1 N–H and O–H groups in total. The van der Waals surface area contributed by atoms with Gasteiger partial charge in [-0.3, -0.25) is 0 Å². The summed E-state index contributed by atoms with van der Waals surface area (Å²) < 4.78 is 91.7. The van der Waals surface area contributed by atoms with Crippen molar-refractivity contribution in [3.8, 4) is 22.5 Å². The molecule has 0 atom stereocenters. The van der Waals surface area contributed by atoms with Crippen molar-refractivity contribution in [2.45, 2.75) is 18.2 Å². The third-order valence-electron chi connectivity index (χ3n) is 4.03. The first-order valence-corrected chi connectivity index (χ1v) is 9.72. The number of aromatic amines is 1. The predicted molar refractivity (Wildman–Crippen MR) is 92.1 cm³/mol. The number of rotatable bonds is 4. The minimum absolute atomic E-state index is 0.0832. The van der Waals surface area contributed by atoms with Crippen LogP contribution in [0.15, 0.2) is 35.2 Å². The zero-order chi connectivity index (χ0) is 20.8. The molecule has 0 aliphatic heterocycles. The molecule has 0 amide bonds. The van der Waals surface area contributed by atoms with Gasteiger partial charge in [-0.25, -0.2) is 35.4 Å². The molecule has 0 fully saturated rings. The van der Waals surface area contributed by atoms with Crippen LogP contribution in [0.4, 0.5) is 22.0 Å². The van der Waals surface area contributed by atoms with Crippen LogP contribution in [0.3, 0.4) is 0 Å². The Morgan fingerprint density at radius 3 is 2.04 bits per heavy atom. The number of alkyl halides is 2. The van der Waals surface area contributed by atoms with E-state index in [-0.39, 0.29) is 22.5 Å². The Morgan fingerprint density at radius 1 is 0.964 bits per heavy atom. The van der Waals surface area contributed by atoms with Crippen molar-refractivity contribution in [2.24, 2.45) is 0 Å². The SMILES string of the molecule is Cc1ccc(-c2[nH]c(C(F)F)nc2-c2cc(F)c(S(C)(=O)=O)c(F)c2)cc1F. The van der Waals surface area contributed by atoms with Crippen LogP contribution in [-0.2, 0) is 9.84 Å². The van der Waals surface area contributed by atoms with Gasteiger partial charge in [0.1, 0.15) is 22.3 Å². The van der Waals surface area contributed by atoms with Crippen LogP contribution in [-0.4, -0.2) is 24.6 Å². The highest BCUT2D eigenvalue weighted by molar-refractivity contribution is 7.90. The molecule has 0 unspecified atom stereocenters. The number of nitrogens with zero attached hydrogens (tertiary/aromatic N) is 1. The number of nitrogens with one attached hydrogen (secondary N) is 1. The number of aryl methyl sites for hydroxylation is 1. The molecule has 28 heavy (non-hydrogen) atoms. The van der Waals surface area contributed by atoms with E-state index in [1.54, 1.807) is 0 Å². The standard InChI is InChI=1S/C18H13F5N2O2S/c1-8-3-4-9(5-11(8)19)14-15(25-18(24-14)17(22)23)10-6-12(20)16(13(21)7-10)28(2,26)27/h3-7,17H,1-2H3,(H,24,25). The lowest BCUT2D eigenvalue weighted by Gasteiger charge is -2.08. The third kappa shape index (κ3) is 3.64. The van der Waals surface area contributed by atoms with Gasteiger partial charge >= 0.3 is 0 Å². The van der Waals surface area contributed by atoms with E-state index in [0.717, 1.165) is 6.07 Å². The van der Waals surface area contributed by atoms with E-state index < -0.39 is 44.4 Å². The van der Waals surface area contributed by atoms with Gasteiger partial charge in [0.05, 0.1) is 11.4 Å². The highest BCUT2D eigenvalue weighted by Crippen LogP contribution is 2.35. The predicted octanol–water partition coefficient (Wildman–Crippen LogP) is 4.81. The Balaban J connectivity index is 2.26. The molecule has 0 aliphatic rings. The maximum absolute atomic E-state index is 14.2. The van der Waals surface area contributed by atoms with Crippen LogP contribution in [0, 0.1) is 24.4 Å². The van der Waals surface area contributed by atoms with E-state index in [2.05, 4.69) is 9.97 Å². The first-order chi connectivity index (χ1) is 13.0. The quantitative estimate of drug-likeness (QED) is 0.621. The summed E-state index contributed by atoms with van der Waals surface area (Å²) in [5.74, 6) is -4.17. The fourth-order valence-electron chi connectivity index (χ4n) is 2.71. The Hall–Kier alpha value is -2.75. The van der Waals surface area contributed by atoms with E-state index in [1.165, 1.54) is 19.1 Å². The fourth-order valence-corrected chi connectivity index (χ4v) is 3.54. The molecule has 3 aromatic rings. The summed E-state index contributed by atoms with van der Waals surface area (Å²) in [7, 11) is -4.19. The third-order valence-corrected chi connectivity index (χ3v) is 5.16. The first kappa shape index (κ1) is 20.0. The summed E-state index contributed by atoms with van der Waals surface area (Å²) in [4.78, 5) is 4.87. The maximum atomic E-state index is 14.2. The largest absolute Gasteiger partial charge is 0.337 e. The van der Waals surface area contributed by atoms with Crippen molar-refractivity contribution in [1.82, 2.24) is 9.97 Å². The topological polar surface area (TPSA) is 62.8 Å². The summed E-state index contributed by atoms with van der Waals surface area (Å²) in [5, 5.41) is 0. The van der Waals surface area contributed by atoms with E-state index in [9.17, 15) is 30.4 Å². The molecular formula is C18H13F5N2O2S. The van der Waals surface area contributed by atoms with Crippen molar-refractivity contribution >= 4 is 9.84 Å². The van der Waals surface area contributed by atoms with Crippen LogP contribution in [0.5, 0.6) is 0 Å². The summed E-state index contributed by atoms with van der Waals surface area (Å²) in [5.41, 5.74) is -0.183. The van der Waals surface area contributed by atoms with Crippen molar-refractivity contribution in [2.75, 3.05) is 6.26 Å². The molecule has 0 spiro atoms. The van der Waals surface area contributed by atoms with Crippen LogP contribution >= 0.6 is 0 Å². The molecule has 0 saturated carbocycles. The molecule has 4 nitrogen and oxygen atoms in total. The highest BCUT2D eigenvalue weighted by atomic mass is 32.2. The Morgan fingerprint density at radius 2 is 1.54 bits per heavy atom. The fraction of sp³-hybridized carbons (Fsp3) is 0.167. The van der Waals surface area contributed by atoms with Crippen LogP contribution in [0.2, 0.25) is 0 Å². The van der Waals surface area contributed by atoms with E-state index in [1.807, 2.05) is 0 Å². The number of halogens is 5. The lowest BCUT2D eigenvalue weighted by atomic mass is 10.0. The van der Waals surface area contributed by atoms with Crippen molar-refractivity contribution in [3.63, 3.8) is 0 Å². The van der Waals surface area contributed by atoms with Gasteiger partial charge in [0.15, 0.2) is 15.7 Å². The molecule has 1 heterocycles. The lowest BCUT2D eigenvalue weighted by molar-refractivity contribution is 0.141. The van der Waals surface area contributed by atoms with Crippen LogP contribution < -0.4 is 0 Å². The van der Waals surface area contributed by atoms with Crippen molar-refractivity contribution in [1.29, 1.82) is 0 Å².